The number of hydrogen-bond acceptors (Lipinski definition) is 4. The van der Waals surface area contributed by atoms with Crippen molar-refractivity contribution in [2.75, 3.05) is 6.54 Å². The minimum atomic E-state index is 0.114. The Balaban J connectivity index is 1.58. The Bertz CT molecular complexity index is 836. The van der Waals surface area contributed by atoms with E-state index >= 15 is 0 Å². The highest BCUT2D eigenvalue weighted by Gasteiger charge is 2.29. The molecule has 1 aromatic carbocycles. The van der Waals surface area contributed by atoms with Crippen LogP contribution in [0.15, 0.2) is 40.2 Å². The molecule has 1 atom stereocenters. The number of carbonyl (C=O) groups is 1. The molecule has 0 saturated heterocycles. The summed E-state index contributed by atoms with van der Waals surface area (Å²) < 4.78 is 5.29. The molecule has 4 nitrogen and oxygen atoms in total. The van der Waals surface area contributed by atoms with Crippen LogP contribution in [-0.4, -0.2) is 22.5 Å². The predicted octanol–water partition coefficient (Wildman–Crippen LogP) is 3.58. The SMILES string of the molecule is C[C@H]1c2ccsc2CCN1C(=O)Cc1noc2ccccc12. The molecule has 1 aliphatic rings. The van der Waals surface area contributed by atoms with Gasteiger partial charge in [-0.15, -0.1) is 11.3 Å². The van der Waals surface area contributed by atoms with E-state index in [9.17, 15) is 4.79 Å². The van der Waals surface area contributed by atoms with Crippen LogP contribution in [0, 0.1) is 0 Å². The van der Waals surface area contributed by atoms with E-state index in [1.54, 1.807) is 11.3 Å². The lowest BCUT2D eigenvalue weighted by Crippen LogP contribution is -2.39. The smallest absolute Gasteiger partial charge is 0.229 e. The zero-order valence-electron chi connectivity index (χ0n) is 12.3. The maximum atomic E-state index is 12.7. The Hall–Kier alpha value is -2.14. The molecule has 0 N–H and O–H groups in total. The molecule has 0 saturated carbocycles. The summed E-state index contributed by atoms with van der Waals surface area (Å²) in [5.41, 5.74) is 2.75. The van der Waals surface area contributed by atoms with Crippen molar-refractivity contribution in [2.24, 2.45) is 0 Å². The minimum Gasteiger partial charge on any atom is -0.356 e. The lowest BCUT2D eigenvalue weighted by atomic mass is 10.0. The van der Waals surface area contributed by atoms with E-state index in [2.05, 4.69) is 23.5 Å². The van der Waals surface area contributed by atoms with Gasteiger partial charge in [0.1, 0.15) is 5.69 Å². The monoisotopic (exact) mass is 312 g/mol. The van der Waals surface area contributed by atoms with Crippen LogP contribution in [0.5, 0.6) is 0 Å². The predicted molar refractivity (Wildman–Crippen MR) is 85.9 cm³/mol. The van der Waals surface area contributed by atoms with E-state index in [1.807, 2.05) is 29.2 Å². The van der Waals surface area contributed by atoms with Crippen molar-refractivity contribution in [1.82, 2.24) is 10.1 Å². The second-order valence-corrected chi connectivity index (χ2v) is 6.62. The number of hydrogen-bond donors (Lipinski definition) is 0. The van der Waals surface area contributed by atoms with Crippen molar-refractivity contribution in [1.29, 1.82) is 0 Å². The van der Waals surface area contributed by atoms with E-state index in [-0.39, 0.29) is 11.9 Å². The van der Waals surface area contributed by atoms with E-state index in [0.29, 0.717) is 6.42 Å². The molecule has 2 aromatic heterocycles. The second-order valence-electron chi connectivity index (χ2n) is 5.61. The van der Waals surface area contributed by atoms with Gasteiger partial charge < -0.3 is 9.42 Å². The normalized spacial score (nSPS) is 17.7. The molecular formula is C17H16N2O2S. The first kappa shape index (κ1) is 13.5. The van der Waals surface area contributed by atoms with Crippen molar-refractivity contribution in [3.8, 4) is 0 Å². The lowest BCUT2D eigenvalue weighted by molar-refractivity contribution is -0.133. The van der Waals surface area contributed by atoms with Crippen molar-refractivity contribution >= 4 is 28.2 Å². The topological polar surface area (TPSA) is 46.3 Å². The summed E-state index contributed by atoms with van der Waals surface area (Å²) in [5, 5.41) is 7.11. The average molecular weight is 312 g/mol. The third kappa shape index (κ3) is 2.13. The first-order chi connectivity index (χ1) is 10.7. The maximum Gasteiger partial charge on any atom is 0.229 e. The van der Waals surface area contributed by atoms with Gasteiger partial charge in [0.05, 0.1) is 12.5 Å². The summed E-state index contributed by atoms with van der Waals surface area (Å²) in [4.78, 5) is 16.1. The Morgan fingerprint density at radius 2 is 2.27 bits per heavy atom. The van der Waals surface area contributed by atoms with Gasteiger partial charge in [-0.1, -0.05) is 17.3 Å². The molecule has 3 heterocycles. The summed E-state index contributed by atoms with van der Waals surface area (Å²) in [6, 6.07) is 9.94. The minimum absolute atomic E-state index is 0.114. The molecule has 3 aromatic rings. The van der Waals surface area contributed by atoms with Gasteiger partial charge in [-0.2, -0.15) is 0 Å². The molecule has 5 heteroatoms. The van der Waals surface area contributed by atoms with Gasteiger partial charge in [0.25, 0.3) is 0 Å². The highest BCUT2D eigenvalue weighted by molar-refractivity contribution is 7.10. The van der Waals surface area contributed by atoms with Gasteiger partial charge in [0.2, 0.25) is 5.91 Å². The van der Waals surface area contributed by atoms with E-state index < -0.39 is 0 Å². The fourth-order valence-electron chi connectivity index (χ4n) is 3.16. The van der Waals surface area contributed by atoms with Crippen LogP contribution in [0.4, 0.5) is 0 Å². The fourth-order valence-corrected chi connectivity index (χ4v) is 4.12. The van der Waals surface area contributed by atoms with Gasteiger partial charge in [-0.25, -0.2) is 0 Å². The summed E-state index contributed by atoms with van der Waals surface area (Å²) >= 11 is 1.78. The highest BCUT2D eigenvalue weighted by Crippen LogP contribution is 2.33. The largest absolute Gasteiger partial charge is 0.356 e. The van der Waals surface area contributed by atoms with Gasteiger partial charge in [0, 0.05) is 16.8 Å². The first-order valence-corrected chi connectivity index (χ1v) is 8.31. The summed E-state index contributed by atoms with van der Waals surface area (Å²) in [7, 11) is 0. The lowest BCUT2D eigenvalue weighted by Gasteiger charge is -2.33. The van der Waals surface area contributed by atoms with Gasteiger partial charge in [-0.3, -0.25) is 4.79 Å². The second kappa shape index (κ2) is 5.25. The van der Waals surface area contributed by atoms with Crippen LogP contribution in [0.25, 0.3) is 11.0 Å². The Kier molecular flexibility index (Phi) is 3.22. The molecule has 0 aliphatic carbocycles. The first-order valence-electron chi connectivity index (χ1n) is 7.43. The molecule has 22 heavy (non-hydrogen) atoms. The molecule has 0 unspecified atom stereocenters. The zero-order chi connectivity index (χ0) is 15.1. The zero-order valence-corrected chi connectivity index (χ0v) is 13.1. The standard InChI is InChI=1S/C17H16N2O2S/c1-11-12-7-9-22-16(12)6-8-19(11)17(20)10-14-13-4-2-3-5-15(13)21-18-14/h2-5,7,9,11H,6,8,10H2,1H3/t11-/m0/s1. The van der Waals surface area contributed by atoms with E-state index in [1.165, 1.54) is 10.4 Å². The van der Waals surface area contributed by atoms with Gasteiger partial charge >= 0.3 is 0 Å². The van der Waals surface area contributed by atoms with Crippen molar-refractivity contribution in [3.05, 3.63) is 51.8 Å². The molecular weight excluding hydrogens is 296 g/mol. The molecule has 4 rings (SSSR count). The van der Waals surface area contributed by atoms with Crippen molar-refractivity contribution in [3.63, 3.8) is 0 Å². The molecule has 112 valence electrons. The number of nitrogens with zero attached hydrogens (tertiary/aromatic N) is 2. The van der Waals surface area contributed by atoms with E-state index in [4.69, 9.17) is 4.52 Å². The summed E-state index contributed by atoms with van der Waals surface area (Å²) in [6.45, 7) is 2.88. The quantitative estimate of drug-likeness (QED) is 0.726. The van der Waals surface area contributed by atoms with Crippen molar-refractivity contribution < 1.29 is 9.32 Å². The van der Waals surface area contributed by atoms with Crippen LogP contribution >= 0.6 is 11.3 Å². The highest BCUT2D eigenvalue weighted by atomic mass is 32.1. The Morgan fingerprint density at radius 1 is 1.41 bits per heavy atom. The van der Waals surface area contributed by atoms with Crippen LogP contribution in [0.1, 0.15) is 29.1 Å². The molecule has 0 radical (unpaired) electrons. The van der Waals surface area contributed by atoms with Crippen molar-refractivity contribution in [2.45, 2.75) is 25.8 Å². The third-order valence-corrected chi connectivity index (χ3v) is 5.36. The molecule has 1 aliphatic heterocycles. The number of fused-ring (bicyclic) bond motifs is 2. The number of rotatable bonds is 2. The van der Waals surface area contributed by atoms with Crippen LogP contribution in [0.2, 0.25) is 0 Å². The third-order valence-electron chi connectivity index (χ3n) is 4.37. The molecule has 1 amide bonds. The maximum absolute atomic E-state index is 12.7. The van der Waals surface area contributed by atoms with Gasteiger partial charge in [0.15, 0.2) is 5.58 Å². The fraction of sp³-hybridized carbons (Fsp3) is 0.294. The molecule has 0 bridgehead atoms. The van der Waals surface area contributed by atoms with Crippen LogP contribution < -0.4 is 0 Å². The number of para-hydroxylation sites is 1. The summed E-state index contributed by atoms with van der Waals surface area (Å²) in [5.74, 6) is 0.114. The van der Waals surface area contributed by atoms with Crippen LogP contribution in [-0.2, 0) is 17.6 Å². The number of thiophene rings is 1. The number of benzene rings is 1. The number of carbonyl (C=O) groups excluding carboxylic acids is 1. The van der Waals surface area contributed by atoms with Gasteiger partial charge in [-0.05, 0) is 42.5 Å². The van der Waals surface area contributed by atoms with Crippen LogP contribution in [0.3, 0.4) is 0 Å². The number of amides is 1. The summed E-state index contributed by atoms with van der Waals surface area (Å²) in [6.07, 6.45) is 1.24. The Morgan fingerprint density at radius 3 is 3.18 bits per heavy atom. The van der Waals surface area contributed by atoms with E-state index in [0.717, 1.165) is 29.6 Å². The number of aromatic nitrogens is 1. The average Bonchev–Trinajstić information content (AvgIpc) is 3.15. The molecule has 0 spiro atoms. The Labute approximate surface area is 132 Å². The molecule has 0 fully saturated rings.